The number of fused-ring (bicyclic) bond motifs is 2. The van der Waals surface area contributed by atoms with Crippen molar-refractivity contribution in [3.8, 4) is 11.5 Å². The predicted molar refractivity (Wildman–Crippen MR) is 181 cm³/mol. The van der Waals surface area contributed by atoms with Gasteiger partial charge in [0.15, 0.2) is 28.2 Å². The average molecular weight is 760 g/mol. The van der Waals surface area contributed by atoms with E-state index in [1.807, 2.05) is 0 Å². The maximum atomic E-state index is 13.5. The highest BCUT2D eigenvalue weighted by atomic mass is 32.2. The van der Waals surface area contributed by atoms with Gasteiger partial charge in [0.05, 0.1) is 16.8 Å². The van der Waals surface area contributed by atoms with Crippen LogP contribution in [0.4, 0.5) is 9.93 Å². The van der Waals surface area contributed by atoms with Crippen molar-refractivity contribution in [3.05, 3.63) is 68.7 Å². The lowest BCUT2D eigenvalue weighted by molar-refractivity contribution is -0.150. The number of thioether (sulfide) groups is 2. The number of nitrogen functional groups attached to an aromatic ring is 1. The summed E-state index contributed by atoms with van der Waals surface area (Å²) >= 11 is 3.41. The van der Waals surface area contributed by atoms with Gasteiger partial charge in [0, 0.05) is 28.2 Å². The second kappa shape index (κ2) is 13.9. The van der Waals surface area contributed by atoms with E-state index in [1.54, 1.807) is 13.0 Å². The number of phenols is 2. The van der Waals surface area contributed by atoms with Crippen LogP contribution in [-0.4, -0.2) is 110 Å². The first kappa shape index (κ1) is 35.1. The number of carboxylic acid groups (broad SMARTS) is 3. The molecule has 1 fully saturated rings. The summed E-state index contributed by atoms with van der Waals surface area (Å²) in [6.45, 7) is 1.17. The number of carbonyl (C=O) groups excluding carboxylic acids is 2. The predicted octanol–water partition coefficient (Wildman–Crippen LogP) is 1.06. The maximum Gasteiger partial charge on any atom is 0.427 e. The van der Waals surface area contributed by atoms with Crippen LogP contribution in [0.2, 0.25) is 0 Å². The standard InChI is InChI=1S/C28H25N9O11S3/c1-10-2-18(37-17(30-10)5-35(34-37)28(46)47)49-7-12-8-50-24-20(23(41)36(24)21(12)26(44)45)32-22(40)19(14-9-51-27(29)31-14)33-48-6-11-3-15(38)16(39)4-13(11)25(42)43/h2-5,9,20,24,34,38-39H,6-8H2,1H3,(H2,29,31)(H,32,40)(H,42,43)(H,44,45)(H,46,47)/b33-19-/t20-,24-/m1/s1. The molecule has 9 N–H and O–H groups in total. The van der Waals surface area contributed by atoms with E-state index in [0.29, 0.717) is 22.1 Å². The van der Waals surface area contributed by atoms with Crippen LogP contribution in [0.25, 0.3) is 0 Å². The highest BCUT2D eigenvalue weighted by molar-refractivity contribution is 8.03. The van der Waals surface area contributed by atoms with Crippen LogP contribution in [0, 0.1) is 0 Å². The van der Waals surface area contributed by atoms with Crippen LogP contribution >= 0.6 is 34.9 Å². The van der Waals surface area contributed by atoms with Crippen molar-refractivity contribution < 1.29 is 54.3 Å². The van der Waals surface area contributed by atoms with Crippen LogP contribution in [0.3, 0.4) is 0 Å². The molecule has 1 aromatic heterocycles. The summed E-state index contributed by atoms with van der Waals surface area (Å²) in [4.78, 5) is 77.1. The molecule has 1 aromatic carbocycles. The molecular weight excluding hydrogens is 735 g/mol. The van der Waals surface area contributed by atoms with Crippen LogP contribution in [-0.2, 0) is 25.8 Å². The van der Waals surface area contributed by atoms with E-state index < -0.39 is 70.6 Å². The van der Waals surface area contributed by atoms with Gasteiger partial charge in [0.2, 0.25) is 0 Å². The molecule has 20 nitrogen and oxygen atoms in total. The zero-order valence-electron chi connectivity index (χ0n) is 25.8. The Morgan fingerprint density at radius 3 is 2.59 bits per heavy atom. The van der Waals surface area contributed by atoms with Crippen molar-refractivity contribution >= 4 is 81.3 Å². The van der Waals surface area contributed by atoms with E-state index in [4.69, 9.17) is 10.6 Å². The number of carbonyl (C=O) groups is 5. The minimum Gasteiger partial charge on any atom is -0.504 e. The quantitative estimate of drug-likeness (QED) is 0.0687. The number of oxime groups is 1. The number of nitrogens with two attached hydrogens (primary N) is 1. The molecule has 0 radical (unpaired) electrons. The number of aromatic carboxylic acids is 1. The minimum atomic E-state index is -1.43. The normalized spacial score (nSPS) is 19.8. The smallest absolute Gasteiger partial charge is 0.427 e. The summed E-state index contributed by atoms with van der Waals surface area (Å²) in [5.41, 5.74) is 8.25. The molecule has 266 valence electrons. The average Bonchev–Trinajstić information content (AvgIpc) is 3.71. The summed E-state index contributed by atoms with van der Waals surface area (Å²) in [6, 6.07) is 0.621. The van der Waals surface area contributed by atoms with Gasteiger partial charge in [-0.1, -0.05) is 5.16 Å². The molecule has 4 aliphatic heterocycles. The summed E-state index contributed by atoms with van der Waals surface area (Å²) in [6.07, 6.45) is 1.72. The van der Waals surface area contributed by atoms with Gasteiger partial charge in [-0.3, -0.25) is 14.5 Å². The number of thiazole rings is 1. The van der Waals surface area contributed by atoms with Crippen molar-refractivity contribution in [2.24, 2.45) is 10.1 Å². The number of aromatic hydroxyl groups is 2. The Labute approximate surface area is 298 Å². The highest BCUT2D eigenvalue weighted by Gasteiger charge is 2.54. The van der Waals surface area contributed by atoms with Gasteiger partial charge in [-0.15, -0.1) is 40.4 Å². The van der Waals surface area contributed by atoms with E-state index >= 15 is 0 Å². The van der Waals surface area contributed by atoms with E-state index in [1.165, 1.54) is 40.1 Å². The van der Waals surface area contributed by atoms with Crippen molar-refractivity contribution in [2.75, 3.05) is 17.2 Å². The molecule has 3 amide bonds. The molecule has 0 saturated carbocycles. The molecule has 0 spiro atoms. The van der Waals surface area contributed by atoms with Gasteiger partial charge in [-0.2, -0.15) is 5.01 Å². The van der Waals surface area contributed by atoms with Crippen molar-refractivity contribution in [1.82, 2.24) is 30.8 Å². The van der Waals surface area contributed by atoms with Gasteiger partial charge in [0.25, 0.3) is 11.8 Å². The molecule has 5 heterocycles. The number of β-lactam (4-membered cyclic amide) rings is 1. The van der Waals surface area contributed by atoms with Gasteiger partial charge in [-0.25, -0.2) is 29.4 Å². The second-order valence-corrected chi connectivity index (χ2v) is 13.8. The third-order valence-corrected chi connectivity index (χ3v) is 10.6. The minimum absolute atomic E-state index is 0.0263. The van der Waals surface area contributed by atoms with Gasteiger partial charge in [-0.05, 0) is 30.7 Å². The molecule has 4 aliphatic rings. The van der Waals surface area contributed by atoms with Crippen molar-refractivity contribution in [3.63, 3.8) is 0 Å². The lowest BCUT2D eigenvalue weighted by Crippen LogP contribution is -2.71. The molecule has 0 bridgehead atoms. The fourth-order valence-electron chi connectivity index (χ4n) is 5.13. The number of benzene rings is 1. The zero-order chi connectivity index (χ0) is 36.7. The number of aliphatic carboxylic acids is 1. The molecule has 0 aliphatic carbocycles. The number of anilines is 1. The number of hydrogen-bond donors (Lipinski definition) is 8. The van der Waals surface area contributed by atoms with E-state index in [2.05, 4.69) is 26.0 Å². The van der Waals surface area contributed by atoms with Crippen LogP contribution in [0.5, 0.6) is 11.5 Å². The first-order valence-corrected chi connectivity index (χ1v) is 17.3. The number of hydrazine groups is 2. The number of hydrogen-bond acceptors (Lipinski definition) is 17. The van der Waals surface area contributed by atoms with Gasteiger partial charge in [0.1, 0.15) is 29.4 Å². The number of carboxylic acids is 2. The fraction of sp³-hybridized carbons (Fsp3) is 0.214. The van der Waals surface area contributed by atoms with Gasteiger partial charge >= 0.3 is 18.0 Å². The number of phenolic OH excluding ortho intramolecular Hbond substituents is 2. The Morgan fingerprint density at radius 2 is 1.92 bits per heavy atom. The number of nitrogens with one attached hydrogen (secondary N) is 2. The summed E-state index contributed by atoms with van der Waals surface area (Å²) in [5, 5.41) is 58.3. The number of aliphatic imine (C=N–C) groups is 1. The van der Waals surface area contributed by atoms with Crippen LogP contribution in [0.1, 0.15) is 28.5 Å². The lowest BCUT2D eigenvalue weighted by Gasteiger charge is -2.49. The Bertz CT molecular complexity index is 2040. The van der Waals surface area contributed by atoms with Gasteiger partial charge < -0.3 is 41.4 Å². The number of rotatable bonds is 11. The van der Waals surface area contributed by atoms with E-state index in [9.17, 15) is 49.5 Å². The maximum absolute atomic E-state index is 13.5. The molecule has 2 aromatic rings. The molecule has 2 atom stereocenters. The molecular formula is C28H25N9O11S3. The number of nitrogens with zero attached hydrogens (tertiary/aromatic N) is 6. The largest absolute Gasteiger partial charge is 0.504 e. The molecule has 0 unspecified atom stereocenters. The third-order valence-electron chi connectivity index (χ3n) is 7.45. The Morgan fingerprint density at radius 1 is 1.18 bits per heavy atom. The third kappa shape index (κ3) is 6.86. The second-order valence-electron chi connectivity index (χ2n) is 10.8. The monoisotopic (exact) mass is 759 g/mol. The Balaban J connectivity index is 1.16. The first-order valence-electron chi connectivity index (χ1n) is 14.3. The molecule has 6 rings (SSSR count). The van der Waals surface area contributed by atoms with Crippen LogP contribution in [0.15, 0.2) is 62.1 Å². The number of allylic oxidation sites excluding steroid dienone is 1. The lowest BCUT2D eigenvalue weighted by atomic mass is 10.0. The first-order chi connectivity index (χ1) is 24.2. The zero-order valence-corrected chi connectivity index (χ0v) is 28.3. The summed E-state index contributed by atoms with van der Waals surface area (Å²) < 4.78 is 0. The Kier molecular flexibility index (Phi) is 9.52. The molecule has 51 heavy (non-hydrogen) atoms. The number of aromatic nitrogens is 1. The van der Waals surface area contributed by atoms with Crippen molar-refractivity contribution in [1.29, 1.82) is 0 Å². The molecule has 1 saturated heterocycles. The highest BCUT2D eigenvalue weighted by Crippen LogP contribution is 2.42. The Hall–Kier alpha value is -5.78. The SMILES string of the molecule is CC1=NC2=CN(C(=O)O)NN2C(SCC2=C(C(=O)O)N3C(=O)[C@@H](NC(=O)/C(=N\OCc4cc(O)c(O)cc4C(=O)O)c4csc(N)n4)[C@H]3SC2)=C1. The van der Waals surface area contributed by atoms with E-state index in [-0.39, 0.29) is 33.6 Å². The van der Waals surface area contributed by atoms with Crippen molar-refractivity contribution in [2.45, 2.75) is 24.9 Å². The molecule has 23 heteroatoms. The summed E-state index contributed by atoms with van der Waals surface area (Å²) in [5.74, 6) is -5.05. The number of amides is 3. The topological polar surface area (TPSA) is 293 Å². The fourth-order valence-corrected chi connectivity index (χ4v) is 8.23. The van der Waals surface area contributed by atoms with Crippen LogP contribution < -0.4 is 16.6 Å². The van der Waals surface area contributed by atoms with E-state index in [0.717, 1.165) is 33.4 Å². The summed E-state index contributed by atoms with van der Waals surface area (Å²) in [7, 11) is 0.